The van der Waals surface area contributed by atoms with Gasteiger partial charge >= 0.3 is 0 Å². The van der Waals surface area contributed by atoms with Crippen molar-refractivity contribution < 1.29 is 22.7 Å². The first kappa shape index (κ1) is 21.4. The lowest BCUT2D eigenvalue weighted by Gasteiger charge is -2.15. The van der Waals surface area contributed by atoms with Gasteiger partial charge in [-0.05, 0) is 56.3 Å². The molecule has 2 amide bonds. The molecule has 3 N–H and O–H groups in total. The van der Waals surface area contributed by atoms with Crippen LogP contribution in [-0.2, 0) is 19.6 Å². The van der Waals surface area contributed by atoms with E-state index in [9.17, 15) is 18.0 Å². The fourth-order valence-electron chi connectivity index (χ4n) is 2.36. The van der Waals surface area contributed by atoms with Crippen LogP contribution in [-0.4, -0.2) is 32.9 Å². The van der Waals surface area contributed by atoms with E-state index in [2.05, 4.69) is 15.4 Å². The molecule has 1 atom stereocenters. The molecule has 0 saturated carbocycles. The van der Waals surface area contributed by atoms with E-state index in [1.807, 2.05) is 6.92 Å². The molecule has 28 heavy (non-hydrogen) atoms. The average molecular weight is 405 g/mol. The second kappa shape index (κ2) is 9.34. The Morgan fingerprint density at radius 2 is 1.64 bits per heavy atom. The van der Waals surface area contributed by atoms with Crippen LogP contribution in [0.4, 0.5) is 11.4 Å². The van der Waals surface area contributed by atoms with Crippen LogP contribution in [0.5, 0.6) is 5.75 Å². The van der Waals surface area contributed by atoms with Crippen LogP contribution < -0.4 is 20.1 Å². The number of hydrogen-bond donors (Lipinski definition) is 3. The summed E-state index contributed by atoms with van der Waals surface area (Å²) >= 11 is 0. The van der Waals surface area contributed by atoms with Gasteiger partial charge in [0.05, 0.1) is 17.5 Å². The Morgan fingerprint density at radius 1 is 1.04 bits per heavy atom. The predicted octanol–water partition coefficient (Wildman–Crippen LogP) is 2.35. The number of sulfonamides is 1. The zero-order valence-corrected chi connectivity index (χ0v) is 16.7. The molecule has 0 aliphatic rings. The van der Waals surface area contributed by atoms with Crippen molar-refractivity contribution in [2.45, 2.75) is 31.7 Å². The van der Waals surface area contributed by atoms with Crippen LogP contribution in [0.15, 0.2) is 53.4 Å². The Labute approximate surface area is 164 Å². The molecule has 0 bridgehead atoms. The van der Waals surface area contributed by atoms with Crippen LogP contribution in [0.1, 0.15) is 20.8 Å². The lowest BCUT2D eigenvalue weighted by atomic mass is 10.2. The summed E-state index contributed by atoms with van der Waals surface area (Å²) in [6.07, 6.45) is 0. The summed E-state index contributed by atoms with van der Waals surface area (Å²) in [5.41, 5.74) is 0.955. The smallest absolute Gasteiger partial charge is 0.242 e. The Balaban J connectivity index is 2.03. The quantitative estimate of drug-likeness (QED) is 0.624. The Morgan fingerprint density at radius 3 is 2.21 bits per heavy atom. The molecule has 0 aromatic heterocycles. The van der Waals surface area contributed by atoms with E-state index in [0.29, 0.717) is 23.7 Å². The standard InChI is InChI=1S/C19H23N3O5S/c1-4-27-17-8-10-18(11-9-17)28(25,26)22-13(2)19(24)21-16-7-5-6-15(12-16)20-14(3)23/h5-13,22H,4H2,1-3H3,(H,20,23)(H,21,24)/t13-/m0/s1. The van der Waals surface area contributed by atoms with Gasteiger partial charge in [-0.2, -0.15) is 4.72 Å². The highest BCUT2D eigenvalue weighted by molar-refractivity contribution is 7.89. The first-order chi connectivity index (χ1) is 13.2. The molecule has 2 aromatic carbocycles. The molecule has 0 fully saturated rings. The molecule has 0 heterocycles. The van der Waals surface area contributed by atoms with Crippen molar-refractivity contribution >= 4 is 33.2 Å². The van der Waals surface area contributed by atoms with Crippen LogP contribution in [0.3, 0.4) is 0 Å². The molecule has 0 radical (unpaired) electrons. The van der Waals surface area contributed by atoms with Crippen molar-refractivity contribution in [2.24, 2.45) is 0 Å². The lowest BCUT2D eigenvalue weighted by Crippen LogP contribution is -2.41. The molecule has 8 nitrogen and oxygen atoms in total. The van der Waals surface area contributed by atoms with Gasteiger partial charge in [0.1, 0.15) is 5.75 Å². The van der Waals surface area contributed by atoms with Crippen molar-refractivity contribution in [3.63, 3.8) is 0 Å². The Bertz CT molecular complexity index is 942. The molecule has 2 aromatic rings. The molecule has 0 saturated heterocycles. The monoisotopic (exact) mass is 405 g/mol. The van der Waals surface area contributed by atoms with Crippen LogP contribution in [0.25, 0.3) is 0 Å². The maximum Gasteiger partial charge on any atom is 0.242 e. The first-order valence-corrected chi connectivity index (χ1v) is 10.1. The maximum atomic E-state index is 12.5. The van der Waals surface area contributed by atoms with Crippen molar-refractivity contribution in [1.29, 1.82) is 0 Å². The lowest BCUT2D eigenvalue weighted by molar-refractivity contribution is -0.117. The van der Waals surface area contributed by atoms with E-state index in [-0.39, 0.29) is 10.8 Å². The van der Waals surface area contributed by atoms with Crippen molar-refractivity contribution in [3.8, 4) is 5.75 Å². The van der Waals surface area contributed by atoms with Gasteiger partial charge in [-0.3, -0.25) is 9.59 Å². The van der Waals surface area contributed by atoms with E-state index in [1.165, 1.54) is 26.0 Å². The molecular weight excluding hydrogens is 382 g/mol. The molecule has 9 heteroatoms. The highest BCUT2D eigenvalue weighted by atomic mass is 32.2. The third kappa shape index (κ3) is 6.07. The second-order valence-electron chi connectivity index (χ2n) is 6.00. The summed E-state index contributed by atoms with van der Waals surface area (Å²) in [5.74, 6) is -0.208. The normalized spacial score (nSPS) is 12.1. The highest BCUT2D eigenvalue weighted by Crippen LogP contribution is 2.17. The van der Waals surface area contributed by atoms with Gasteiger partial charge in [0.2, 0.25) is 21.8 Å². The van der Waals surface area contributed by atoms with Gasteiger partial charge in [-0.15, -0.1) is 0 Å². The van der Waals surface area contributed by atoms with Gasteiger partial charge in [0.25, 0.3) is 0 Å². The molecule has 150 valence electrons. The fraction of sp³-hybridized carbons (Fsp3) is 0.263. The van der Waals surface area contributed by atoms with E-state index in [1.54, 1.807) is 36.4 Å². The first-order valence-electron chi connectivity index (χ1n) is 8.65. The minimum absolute atomic E-state index is 0.0308. The van der Waals surface area contributed by atoms with Gasteiger partial charge in [0.15, 0.2) is 0 Å². The number of anilines is 2. The van der Waals surface area contributed by atoms with Crippen LogP contribution >= 0.6 is 0 Å². The molecule has 0 spiro atoms. The summed E-state index contributed by atoms with van der Waals surface area (Å²) < 4.78 is 32.6. The van der Waals surface area contributed by atoms with Crippen LogP contribution in [0, 0.1) is 0 Å². The third-order valence-electron chi connectivity index (χ3n) is 3.62. The largest absolute Gasteiger partial charge is 0.494 e. The number of ether oxygens (including phenoxy) is 1. The number of nitrogens with one attached hydrogen (secondary N) is 3. The number of benzene rings is 2. The minimum Gasteiger partial charge on any atom is -0.494 e. The number of carbonyl (C=O) groups excluding carboxylic acids is 2. The van der Waals surface area contributed by atoms with E-state index in [0.717, 1.165) is 0 Å². The van der Waals surface area contributed by atoms with Gasteiger partial charge in [-0.1, -0.05) is 6.07 Å². The summed E-state index contributed by atoms with van der Waals surface area (Å²) in [4.78, 5) is 23.5. The topological polar surface area (TPSA) is 114 Å². The summed E-state index contributed by atoms with van der Waals surface area (Å²) in [7, 11) is -3.88. The predicted molar refractivity (Wildman–Crippen MR) is 107 cm³/mol. The number of amides is 2. The average Bonchev–Trinajstić information content (AvgIpc) is 2.62. The molecule has 2 rings (SSSR count). The SMILES string of the molecule is CCOc1ccc(S(=O)(=O)N[C@@H](C)C(=O)Nc2cccc(NC(C)=O)c2)cc1. The minimum atomic E-state index is -3.88. The summed E-state index contributed by atoms with van der Waals surface area (Å²) in [6.45, 7) is 5.13. The number of rotatable bonds is 8. The Hall–Kier alpha value is -2.91. The second-order valence-corrected chi connectivity index (χ2v) is 7.71. The van der Waals surface area contributed by atoms with Gasteiger partial charge in [0, 0.05) is 18.3 Å². The van der Waals surface area contributed by atoms with E-state index < -0.39 is 22.0 Å². The summed E-state index contributed by atoms with van der Waals surface area (Å²) in [6, 6.07) is 11.5. The number of hydrogen-bond acceptors (Lipinski definition) is 5. The maximum absolute atomic E-state index is 12.5. The van der Waals surface area contributed by atoms with Crippen molar-refractivity contribution in [2.75, 3.05) is 17.2 Å². The zero-order valence-electron chi connectivity index (χ0n) is 15.9. The van der Waals surface area contributed by atoms with Crippen molar-refractivity contribution in [3.05, 3.63) is 48.5 Å². The third-order valence-corrected chi connectivity index (χ3v) is 5.18. The molecular formula is C19H23N3O5S. The van der Waals surface area contributed by atoms with E-state index in [4.69, 9.17) is 4.74 Å². The molecule has 0 aliphatic carbocycles. The molecule has 0 unspecified atom stereocenters. The zero-order chi connectivity index (χ0) is 20.7. The molecule has 0 aliphatic heterocycles. The summed E-state index contributed by atoms with van der Waals surface area (Å²) in [5, 5.41) is 5.23. The Kier molecular flexibility index (Phi) is 7.13. The fourth-order valence-corrected chi connectivity index (χ4v) is 3.57. The van der Waals surface area contributed by atoms with Gasteiger partial charge in [-0.25, -0.2) is 8.42 Å². The van der Waals surface area contributed by atoms with E-state index >= 15 is 0 Å². The van der Waals surface area contributed by atoms with Crippen LogP contribution in [0.2, 0.25) is 0 Å². The number of carbonyl (C=O) groups is 2. The van der Waals surface area contributed by atoms with Crippen molar-refractivity contribution in [1.82, 2.24) is 4.72 Å². The highest BCUT2D eigenvalue weighted by Gasteiger charge is 2.22. The van der Waals surface area contributed by atoms with Gasteiger partial charge < -0.3 is 15.4 Å².